The highest BCUT2D eigenvalue weighted by atomic mass is 31.2. The van der Waals surface area contributed by atoms with Crippen molar-refractivity contribution in [1.82, 2.24) is 14.9 Å². The molecule has 2 rings (SSSR count). The van der Waals surface area contributed by atoms with E-state index in [-0.39, 0.29) is 37.7 Å². The summed E-state index contributed by atoms with van der Waals surface area (Å²) in [7, 11) is -10.3. The molecule has 1 aromatic rings. The Morgan fingerprint density at radius 3 is 2.13 bits per heavy atom. The molecule has 1 saturated heterocycles. The number of aromatic nitrogens is 2. The van der Waals surface area contributed by atoms with Crippen LogP contribution < -0.4 is 22.5 Å². The minimum atomic E-state index is -5.22. The van der Waals surface area contributed by atoms with Crippen LogP contribution in [0.1, 0.15) is 24.6 Å². The van der Waals surface area contributed by atoms with Gasteiger partial charge in [0.05, 0.1) is 59.5 Å². The van der Waals surface area contributed by atoms with Gasteiger partial charge in [0.15, 0.2) is 6.23 Å². The van der Waals surface area contributed by atoms with Crippen molar-refractivity contribution in [3.8, 4) is 0 Å². The van der Waals surface area contributed by atoms with Crippen LogP contribution in [0.3, 0.4) is 0 Å². The third-order valence-corrected chi connectivity index (χ3v) is 7.11. The normalized spacial score (nSPS) is 20.3. The first kappa shape index (κ1) is 40.3. The van der Waals surface area contributed by atoms with Gasteiger partial charge in [0, 0.05) is 31.3 Å². The number of nitrogens with zero attached hydrogens (tertiary/aromatic N) is 2. The number of phosphoric ester groups is 2. The van der Waals surface area contributed by atoms with E-state index in [4.69, 9.17) is 44.9 Å². The number of carbonyl (C=O) groups excluding carboxylic acids is 1. The van der Waals surface area contributed by atoms with E-state index in [1.807, 2.05) is 0 Å². The molecule has 1 amide bonds. The number of aryl methyl sites for hydroxylation is 1. The maximum atomic E-state index is 12.6. The Morgan fingerprint density at radius 2 is 1.57 bits per heavy atom. The van der Waals surface area contributed by atoms with Crippen LogP contribution in [0.2, 0.25) is 0 Å². The number of hydrogen-bond donors (Lipinski definition) is 8. The molecular formula is C23H43N5O16P2. The lowest BCUT2D eigenvalue weighted by atomic mass is 10.1. The van der Waals surface area contributed by atoms with Crippen molar-refractivity contribution >= 4 is 27.4 Å². The van der Waals surface area contributed by atoms with Gasteiger partial charge in [-0.25, -0.2) is 13.9 Å². The summed E-state index contributed by atoms with van der Waals surface area (Å²) in [6, 6.07) is 0. The second kappa shape index (κ2) is 20.5. The summed E-state index contributed by atoms with van der Waals surface area (Å²) in [5, 5.41) is 13.4. The first-order valence-electron chi connectivity index (χ1n) is 14.1. The molecule has 23 heteroatoms. The Bertz CT molecular complexity index is 1210. The molecule has 1 aromatic heterocycles. The predicted molar refractivity (Wildman–Crippen MR) is 156 cm³/mol. The molecule has 2 heterocycles. The second-order valence-electron chi connectivity index (χ2n) is 9.69. The predicted octanol–water partition coefficient (Wildman–Crippen LogP) is -2.86. The molecule has 0 saturated carbocycles. The molecule has 1 aliphatic heterocycles. The zero-order valence-corrected chi connectivity index (χ0v) is 26.7. The van der Waals surface area contributed by atoms with Gasteiger partial charge in [-0.1, -0.05) is 0 Å². The number of hydrogen-bond acceptors (Lipinski definition) is 15. The van der Waals surface area contributed by atoms with E-state index in [2.05, 4.69) is 19.3 Å². The lowest BCUT2D eigenvalue weighted by Crippen LogP contribution is -2.38. The minimum absolute atomic E-state index is 0.113. The quantitative estimate of drug-likeness (QED) is 0.0395. The molecule has 266 valence electrons. The second-order valence-corrected chi connectivity index (χ2v) is 12.1. The van der Waals surface area contributed by atoms with E-state index in [0.29, 0.717) is 64.8 Å². The molecule has 4 atom stereocenters. The topological polar surface area (TPSA) is 316 Å². The fraction of sp³-hybridized carbons (Fsp3) is 0.783. The van der Waals surface area contributed by atoms with E-state index >= 15 is 0 Å². The van der Waals surface area contributed by atoms with E-state index in [0.717, 1.165) is 4.57 Å². The maximum absolute atomic E-state index is 12.6. The molecule has 0 spiro atoms. The van der Waals surface area contributed by atoms with Gasteiger partial charge in [0.2, 0.25) is 5.91 Å². The molecule has 0 bridgehead atoms. The van der Waals surface area contributed by atoms with Crippen molar-refractivity contribution in [3.63, 3.8) is 0 Å². The number of anilines is 1. The van der Waals surface area contributed by atoms with Crippen LogP contribution in [0, 0.1) is 0 Å². The average Bonchev–Trinajstić information content (AvgIpc) is 3.26. The summed E-state index contributed by atoms with van der Waals surface area (Å²) in [6.45, 7) is 2.81. The molecule has 1 fully saturated rings. The van der Waals surface area contributed by atoms with Crippen LogP contribution in [0.15, 0.2) is 11.0 Å². The van der Waals surface area contributed by atoms with Crippen LogP contribution in [-0.4, -0.2) is 131 Å². The van der Waals surface area contributed by atoms with Gasteiger partial charge in [-0.15, -0.1) is 0 Å². The Morgan fingerprint density at radius 1 is 0.978 bits per heavy atom. The fourth-order valence-electron chi connectivity index (χ4n) is 4.04. The highest BCUT2D eigenvalue weighted by Gasteiger charge is 2.49. The number of carbonyl (C=O) groups is 1. The smallest absolute Gasteiger partial charge is 0.386 e. The number of aliphatic hydroxyl groups excluding tert-OH is 1. The van der Waals surface area contributed by atoms with Gasteiger partial charge in [-0.2, -0.15) is 4.98 Å². The van der Waals surface area contributed by atoms with Gasteiger partial charge >= 0.3 is 21.3 Å². The average molecular weight is 708 g/mol. The van der Waals surface area contributed by atoms with Gasteiger partial charge in [-0.05, 0) is 12.8 Å². The van der Waals surface area contributed by atoms with Crippen LogP contribution >= 0.6 is 15.6 Å². The highest BCUT2D eigenvalue weighted by Crippen LogP contribution is 2.45. The zero-order valence-electron chi connectivity index (χ0n) is 25.0. The van der Waals surface area contributed by atoms with E-state index < -0.39 is 52.5 Å². The van der Waals surface area contributed by atoms with Crippen molar-refractivity contribution in [2.24, 2.45) is 5.73 Å². The van der Waals surface area contributed by atoms with E-state index in [9.17, 15) is 33.6 Å². The van der Waals surface area contributed by atoms with Crippen molar-refractivity contribution in [1.29, 1.82) is 0 Å². The third kappa shape index (κ3) is 15.8. The van der Waals surface area contributed by atoms with Crippen LogP contribution in [-0.2, 0) is 53.1 Å². The van der Waals surface area contributed by atoms with Crippen LogP contribution in [0.25, 0.3) is 0 Å². The largest absolute Gasteiger partial charge is 0.470 e. The standard InChI is InChI=1S/C23H43N5O16P2/c24-4-7-39-9-11-41-13-12-40-10-8-38-6-3-18(29)26-5-1-2-16-14-28(23(31)27-21(16)25)22-19(30)20(44-46(35,36)37)17(43-22)15-42-45(32,33)34/h14,17,19-20,22,30H,1-13,15,24H2,(H,26,29)(H2,25,27,31)(H2,32,33,34)(H2,35,36,37)/t17-,19?,20?,22-/m1/s1. The minimum Gasteiger partial charge on any atom is -0.386 e. The van der Waals surface area contributed by atoms with Gasteiger partial charge in [-0.3, -0.25) is 18.4 Å². The van der Waals surface area contributed by atoms with Gasteiger partial charge in [0.25, 0.3) is 0 Å². The molecule has 46 heavy (non-hydrogen) atoms. The molecular weight excluding hydrogens is 664 g/mol. The number of nitrogens with two attached hydrogens (primary N) is 2. The molecule has 0 radical (unpaired) electrons. The molecule has 0 aliphatic carbocycles. The van der Waals surface area contributed by atoms with Gasteiger partial charge < -0.3 is 65.1 Å². The van der Waals surface area contributed by atoms with Crippen LogP contribution in [0.4, 0.5) is 5.82 Å². The number of amides is 1. The monoisotopic (exact) mass is 707 g/mol. The van der Waals surface area contributed by atoms with Crippen molar-refractivity contribution < 1.29 is 71.3 Å². The molecule has 2 unspecified atom stereocenters. The summed E-state index contributed by atoms with van der Waals surface area (Å²) < 4.78 is 58.9. The number of nitrogens with one attached hydrogen (secondary N) is 1. The van der Waals surface area contributed by atoms with Crippen molar-refractivity contribution in [2.45, 2.75) is 43.8 Å². The summed E-state index contributed by atoms with van der Waals surface area (Å²) in [5.74, 6) is -0.396. The number of phosphoric acid groups is 2. The third-order valence-electron chi connectivity index (χ3n) is 6.11. The van der Waals surface area contributed by atoms with Crippen molar-refractivity contribution in [3.05, 3.63) is 22.2 Å². The summed E-state index contributed by atoms with van der Waals surface area (Å²) in [4.78, 5) is 64.7. The number of rotatable bonds is 24. The lowest BCUT2D eigenvalue weighted by Gasteiger charge is -2.21. The van der Waals surface area contributed by atoms with Gasteiger partial charge in [0.1, 0.15) is 24.1 Å². The van der Waals surface area contributed by atoms with Crippen molar-refractivity contribution in [2.75, 3.05) is 78.3 Å². The maximum Gasteiger partial charge on any atom is 0.470 e. The Hall–Kier alpha value is -1.91. The number of ether oxygens (including phenoxy) is 5. The number of aliphatic hydroxyl groups is 1. The summed E-state index contributed by atoms with van der Waals surface area (Å²) in [5.41, 5.74) is 10.5. The van der Waals surface area contributed by atoms with E-state index in [1.165, 1.54) is 6.20 Å². The number of nitrogen functional groups attached to an aromatic ring is 1. The lowest BCUT2D eigenvalue weighted by molar-refractivity contribution is -0.122. The molecule has 21 nitrogen and oxygen atoms in total. The SMILES string of the molecule is NCCOCCOCCOCCOCCC(=O)NCCCc1cn([C@@H]2O[C@H](COP(=O)(O)O)C(OP(=O)(O)O)C2O)c(=O)nc1N. The first-order chi connectivity index (χ1) is 21.7. The molecule has 0 aromatic carbocycles. The summed E-state index contributed by atoms with van der Waals surface area (Å²) >= 11 is 0. The first-order valence-corrected chi connectivity index (χ1v) is 17.2. The van der Waals surface area contributed by atoms with E-state index in [1.54, 1.807) is 0 Å². The molecule has 1 aliphatic rings. The van der Waals surface area contributed by atoms with Crippen LogP contribution in [0.5, 0.6) is 0 Å². The highest BCUT2D eigenvalue weighted by molar-refractivity contribution is 7.46. The molecule has 10 N–H and O–H groups in total. The summed E-state index contributed by atoms with van der Waals surface area (Å²) in [6.07, 6.45) is -5.06. The Labute approximate surface area is 263 Å². The Balaban J connectivity index is 1.76. The fourth-order valence-corrected chi connectivity index (χ4v) is 4.96. The Kier molecular flexibility index (Phi) is 17.9. The zero-order chi connectivity index (χ0) is 34.2.